The zero-order valence-electron chi connectivity index (χ0n) is 11.4. The molecule has 1 amide bonds. The van der Waals surface area contributed by atoms with Gasteiger partial charge in [0, 0.05) is 26.1 Å². The number of carbonyl (C=O) groups is 2. The van der Waals surface area contributed by atoms with E-state index in [2.05, 4.69) is 0 Å². The van der Waals surface area contributed by atoms with Crippen molar-refractivity contribution >= 4 is 21.9 Å². The highest BCUT2D eigenvalue weighted by atomic mass is 32.2. The molecule has 0 aromatic carbocycles. The molecule has 1 fully saturated rings. The molecule has 1 rings (SSSR count). The van der Waals surface area contributed by atoms with Crippen molar-refractivity contribution in [3.05, 3.63) is 0 Å². The topological polar surface area (TPSA) is 104 Å². The highest BCUT2D eigenvalue weighted by Gasteiger charge is 2.26. The molecule has 1 heterocycles. The molecule has 116 valence electrons. The van der Waals surface area contributed by atoms with Crippen LogP contribution < -0.4 is 0 Å². The second-order valence-corrected chi connectivity index (χ2v) is 6.47. The standard InChI is InChI=1S/C11H20N2O6S/c1-2-12(9-11(15)16)10(14)3-8-20(17,18)13-4-6-19-7-5-13/h2-9H2,1H3,(H,15,16). The van der Waals surface area contributed by atoms with Crippen LogP contribution in [0.4, 0.5) is 0 Å². The van der Waals surface area contributed by atoms with Crippen molar-refractivity contribution in [1.82, 2.24) is 9.21 Å². The van der Waals surface area contributed by atoms with Crippen molar-refractivity contribution in [2.45, 2.75) is 13.3 Å². The number of carboxylic acid groups (broad SMARTS) is 1. The predicted octanol–water partition coefficient (Wildman–Crippen LogP) is -1.03. The average molecular weight is 308 g/mol. The van der Waals surface area contributed by atoms with E-state index in [9.17, 15) is 18.0 Å². The molecule has 0 spiro atoms. The van der Waals surface area contributed by atoms with Gasteiger partial charge in [-0.1, -0.05) is 0 Å². The Morgan fingerprint density at radius 3 is 2.40 bits per heavy atom. The lowest BCUT2D eigenvalue weighted by atomic mass is 10.4. The summed E-state index contributed by atoms with van der Waals surface area (Å²) >= 11 is 0. The Kier molecular flexibility index (Phi) is 6.37. The SMILES string of the molecule is CCN(CC(=O)O)C(=O)CCS(=O)(=O)N1CCOCC1. The largest absolute Gasteiger partial charge is 0.480 e. The van der Waals surface area contributed by atoms with Gasteiger partial charge in [0.15, 0.2) is 0 Å². The number of carbonyl (C=O) groups excluding carboxylic acids is 1. The monoisotopic (exact) mass is 308 g/mol. The molecule has 0 atom stereocenters. The van der Waals surface area contributed by atoms with Gasteiger partial charge in [0.25, 0.3) is 0 Å². The molecular formula is C11H20N2O6S. The van der Waals surface area contributed by atoms with E-state index >= 15 is 0 Å². The molecule has 0 bridgehead atoms. The third-order valence-corrected chi connectivity index (χ3v) is 4.87. The molecule has 0 saturated carbocycles. The summed E-state index contributed by atoms with van der Waals surface area (Å²) in [6, 6.07) is 0. The molecular weight excluding hydrogens is 288 g/mol. The van der Waals surface area contributed by atoms with Gasteiger partial charge < -0.3 is 14.7 Å². The van der Waals surface area contributed by atoms with Crippen LogP contribution in [0.3, 0.4) is 0 Å². The van der Waals surface area contributed by atoms with E-state index in [1.807, 2.05) is 0 Å². The summed E-state index contributed by atoms with van der Waals surface area (Å²) < 4.78 is 30.4. The third kappa shape index (κ3) is 5.06. The van der Waals surface area contributed by atoms with Crippen LogP contribution in [-0.2, 0) is 24.3 Å². The van der Waals surface area contributed by atoms with Crippen molar-refractivity contribution in [1.29, 1.82) is 0 Å². The quantitative estimate of drug-likeness (QED) is 0.645. The Morgan fingerprint density at radius 1 is 1.30 bits per heavy atom. The summed E-state index contributed by atoms with van der Waals surface area (Å²) in [5.41, 5.74) is 0. The Bertz CT molecular complexity index is 444. The maximum absolute atomic E-state index is 12.0. The first-order valence-electron chi connectivity index (χ1n) is 6.42. The predicted molar refractivity (Wildman–Crippen MR) is 70.7 cm³/mol. The summed E-state index contributed by atoms with van der Waals surface area (Å²) in [4.78, 5) is 23.5. The van der Waals surface area contributed by atoms with E-state index < -0.39 is 28.4 Å². The van der Waals surface area contributed by atoms with Crippen LogP contribution in [0.1, 0.15) is 13.3 Å². The number of rotatable bonds is 7. The maximum atomic E-state index is 12.0. The van der Waals surface area contributed by atoms with Gasteiger partial charge in [-0.3, -0.25) is 9.59 Å². The molecule has 9 heteroatoms. The molecule has 0 aromatic rings. The molecule has 0 aliphatic carbocycles. The normalized spacial score (nSPS) is 16.9. The summed E-state index contributed by atoms with van der Waals surface area (Å²) in [5, 5.41) is 8.66. The Balaban J connectivity index is 2.51. The van der Waals surface area contributed by atoms with Gasteiger partial charge in [-0.25, -0.2) is 8.42 Å². The lowest BCUT2D eigenvalue weighted by Crippen LogP contribution is -2.43. The van der Waals surface area contributed by atoms with Gasteiger partial charge in [0.05, 0.1) is 19.0 Å². The minimum absolute atomic E-state index is 0.208. The summed E-state index contributed by atoms with van der Waals surface area (Å²) in [7, 11) is -3.49. The van der Waals surface area contributed by atoms with E-state index in [-0.39, 0.29) is 18.7 Å². The van der Waals surface area contributed by atoms with Crippen molar-refractivity contribution < 1.29 is 27.9 Å². The van der Waals surface area contributed by atoms with E-state index in [4.69, 9.17) is 9.84 Å². The lowest BCUT2D eigenvalue weighted by molar-refractivity contribution is -0.144. The lowest BCUT2D eigenvalue weighted by Gasteiger charge is -2.26. The van der Waals surface area contributed by atoms with Crippen LogP contribution in [0.5, 0.6) is 0 Å². The first kappa shape index (κ1) is 16.9. The number of morpholine rings is 1. The van der Waals surface area contributed by atoms with Crippen LogP contribution in [0.15, 0.2) is 0 Å². The first-order chi connectivity index (χ1) is 9.36. The number of aliphatic carboxylic acids is 1. The van der Waals surface area contributed by atoms with Crippen molar-refractivity contribution in [3.63, 3.8) is 0 Å². The van der Waals surface area contributed by atoms with E-state index in [1.165, 1.54) is 4.31 Å². The smallest absolute Gasteiger partial charge is 0.323 e. The summed E-state index contributed by atoms with van der Waals surface area (Å²) in [6.45, 7) is 2.78. The van der Waals surface area contributed by atoms with Gasteiger partial charge in [0.2, 0.25) is 15.9 Å². The number of nitrogens with zero attached hydrogens (tertiary/aromatic N) is 2. The number of carboxylic acids is 1. The maximum Gasteiger partial charge on any atom is 0.323 e. The molecule has 1 N–H and O–H groups in total. The molecule has 8 nitrogen and oxygen atoms in total. The van der Waals surface area contributed by atoms with E-state index in [0.717, 1.165) is 4.90 Å². The first-order valence-corrected chi connectivity index (χ1v) is 8.03. The number of likely N-dealkylation sites (N-methyl/N-ethyl adjacent to an activating group) is 1. The molecule has 20 heavy (non-hydrogen) atoms. The van der Waals surface area contributed by atoms with Crippen molar-refractivity contribution in [2.75, 3.05) is 45.1 Å². The number of ether oxygens (including phenoxy) is 1. The van der Waals surface area contributed by atoms with Gasteiger partial charge >= 0.3 is 5.97 Å². The van der Waals surface area contributed by atoms with Crippen LogP contribution in [0.25, 0.3) is 0 Å². The second kappa shape index (κ2) is 7.55. The van der Waals surface area contributed by atoms with Crippen LogP contribution in [0.2, 0.25) is 0 Å². The number of hydrogen-bond acceptors (Lipinski definition) is 5. The third-order valence-electron chi connectivity index (χ3n) is 3.00. The van der Waals surface area contributed by atoms with Gasteiger partial charge in [-0.05, 0) is 6.92 Å². The number of sulfonamides is 1. The van der Waals surface area contributed by atoms with E-state index in [1.54, 1.807) is 6.92 Å². The molecule has 0 aromatic heterocycles. The minimum atomic E-state index is -3.49. The van der Waals surface area contributed by atoms with Gasteiger partial charge in [-0.15, -0.1) is 0 Å². The van der Waals surface area contributed by atoms with E-state index in [0.29, 0.717) is 26.3 Å². The van der Waals surface area contributed by atoms with Crippen molar-refractivity contribution in [2.24, 2.45) is 0 Å². The zero-order valence-corrected chi connectivity index (χ0v) is 12.3. The fraction of sp³-hybridized carbons (Fsp3) is 0.818. The van der Waals surface area contributed by atoms with Crippen LogP contribution >= 0.6 is 0 Å². The molecule has 0 unspecified atom stereocenters. The highest BCUT2D eigenvalue weighted by Crippen LogP contribution is 2.08. The second-order valence-electron chi connectivity index (χ2n) is 4.38. The Hall–Kier alpha value is -1.19. The Labute approximate surface area is 118 Å². The fourth-order valence-electron chi connectivity index (χ4n) is 1.87. The number of amides is 1. The summed E-state index contributed by atoms with van der Waals surface area (Å²) in [6.07, 6.45) is -0.208. The fourth-order valence-corrected chi connectivity index (χ4v) is 3.26. The van der Waals surface area contributed by atoms with Crippen LogP contribution in [-0.4, -0.2) is 79.8 Å². The van der Waals surface area contributed by atoms with Crippen LogP contribution in [0, 0.1) is 0 Å². The Morgan fingerprint density at radius 2 is 1.90 bits per heavy atom. The van der Waals surface area contributed by atoms with Gasteiger partial charge in [0.1, 0.15) is 6.54 Å². The zero-order chi connectivity index (χ0) is 15.2. The highest BCUT2D eigenvalue weighted by molar-refractivity contribution is 7.89. The molecule has 1 saturated heterocycles. The molecule has 1 aliphatic rings. The minimum Gasteiger partial charge on any atom is -0.480 e. The number of hydrogen-bond donors (Lipinski definition) is 1. The molecule has 1 aliphatic heterocycles. The molecule has 0 radical (unpaired) electrons. The van der Waals surface area contributed by atoms with Gasteiger partial charge in [-0.2, -0.15) is 4.31 Å². The summed E-state index contributed by atoms with van der Waals surface area (Å²) in [5.74, 6) is -1.88. The average Bonchev–Trinajstić information content (AvgIpc) is 2.43. The van der Waals surface area contributed by atoms with Crippen molar-refractivity contribution in [3.8, 4) is 0 Å².